The highest BCUT2D eigenvalue weighted by molar-refractivity contribution is 7.79. The van der Waals surface area contributed by atoms with Gasteiger partial charge in [0.05, 0.1) is 5.75 Å². The smallest absolute Gasteiger partial charge is 0.155 e. The van der Waals surface area contributed by atoms with E-state index < -0.39 is 17.3 Å². The van der Waals surface area contributed by atoms with Gasteiger partial charge in [-0.1, -0.05) is 24.3 Å². The van der Waals surface area contributed by atoms with Gasteiger partial charge >= 0.3 is 0 Å². The second-order valence-electron chi connectivity index (χ2n) is 4.28. The lowest BCUT2D eigenvalue weighted by Gasteiger charge is -2.15. The molecule has 1 aromatic carbocycles. The largest absolute Gasteiger partial charge is 0.307 e. The van der Waals surface area contributed by atoms with Crippen LogP contribution in [0.4, 0.5) is 4.39 Å². The molecule has 0 spiro atoms. The van der Waals surface area contributed by atoms with Crippen molar-refractivity contribution < 1.29 is 13.2 Å². The second kappa shape index (κ2) is 5.71. The topological polar surface area (TPSA) is 49.3 Å². The average Bonchev–Trinajstić information content (AvgIpc) is 2.69. The van der Waals surface area contributed by atoms with E-state index in [0.717, 1.165) is 12.8 Å². The molecular formula is C12H16FNO2S. The number of aryl methyl sites for hydroxylation is 1. The molecular weight excluding hydrogens is 241 g/mol. The fourth-order valence-corrected chi connectivity index (χ4v) is 2.68. The second-order valence-corrected chi connectivity index (χ2v) is 5.26. The summed E-state index contributed by atoms with van der Waals surface area (Å²) in [5, 5.41) is 3.12. The van der Waals surface area contributed by atoms with Gasteiger partial charge in [-0.3, -0.25) is 0 Å². The summed E-state index contributed by atoms with van der Waals surface area (Å²) >= 11 is -2.06. The summed E-state index contributed by atoms with van der Waals surface area (Å²) in [5.74, 6) is -0.318. The molecule has 0 fully saturated rings. The van der Waals surface area contributed by atoms with Crippen LogP contribution in [-0.2, 0) is 17.5 Å². The fourth-order valence-electron chi connectivity index (χ4n) is 2.25. The van der Waals surface area contributed by atoms with Crippen LogP contribution in [-0.4, -0.2) is 27.2 Å². The summed E-state index contributed by atoms with van der Waals surface area (Å²) in [5.41, 5.74) is 2.54. The molecule has 5 heteroatoms. The lowest BCUT2D eigenvalue weighted by Crippen LogP contribution is -2.30. The van der Waals surface area contributed by atoms with Gasteiger partial charge < -0.3 is 9.87 Å². The van der Waals surface area contributed by atoms with Gasteiger partial charge in [-0.2, -0.15) is 0 Å². The minimum atomic E-state index is -2.06. The Morgan fingerprint density at radius 1 is 1.53 bits per heavy atom. The van der Waals surface area contributed by atoms with E-state index in [1.165, 1.54) is 11.1 Å². The molecule has 0 aromatic heterocycles. The van der Waals surface area contributed by atoms with E-state index in [2.05, 4.69) is 17.4 Å². The quantitative estimate of drug-likeness (QED) is 0.791. The van der Waals surface area contributed by atoms with Crippen molar-refractivity contribution in [3.05, 3.63) is 35.4 Å². The number of hydrogen-bond donors (Lipinski definition) is 2. The summed E-state index contributed by atoms with van der Waals surface area (Å²) in [6.07, 6.45) is 0.707. The Morgan fingerprint density at radius 2 is 2.29 bits per heavy atom. The standard InChI is InChI=1S/C12H16FNO2S/c13-10(8-17(15)16)7-14-12-6-5-9-3-1-2-4-11(9)12/h1-4,10,12,14H,5-8H2,(H,15,16)/t10-,12+/m0/s1. The number of nitrogens with one attached hydrogen (secondary N) is 1. The van der Waals surface area contributed by atoms with Crippen molar-refractivity contribution in [2.75, 3.05) is 12.3 Å². The first-order valence-corrected chi connectivity index (χ1v) is 6.97. The summed E-state index contributed by atoms with van der Waals surface area (Å²) in [6, 6.07) is 8.31. The Morgan fingerprint density at radius 3 is 3.06 bits per heavy atom. The van der Waals surface area contributed by atoms with Crippen molar-refractivity contribution in [2.24, 2.45) is 0 Å². The molecule has 1 aliphatic rings. The van der Waals surface area contributed by atoms with Crippen molar-refractivity contribution in [1.82, 2.24) is 5.32 Å². The highest BCUT2D eigenvalue weighted by atomic mass is 32.2. The highest BCUT2D eigenvalue weighted by Gasteiger charge is 2.22. The first kappa shape index (κ1) is 12.7. The van der Waals surface area contributed by atoms with Crippen molar-refractivity contribution in [2.45, 2.75) is 25.1 Å². The molecule has 2 rings (SSSR count). The number of benzene rings is 1. The van der Waals surface area contributed by atoms with Gasteiger partial charge in [-0.25, -0.2) is 8.60 Å². The molecule has 0 saturated carbocycles. The number of fused-ring (bicyclic) bond motifs is 1. The summed E-state index contributed by atoms with van der Waals surface area (Å²) in [4.78, 5) is 0. The van der Waals surface area contributed by atoms with Crippen LogP contribution in [0.1, 0.15) is 23.6 Å². The van der Waals surface area contributed by atoms with Crippen LogP contribution in [0.3, 0.4) is 0 Å². The third-order valence-corrected chi connectivity index (χ3v) is 3.69. The molecule has 0 amide bonds. The third-order valence-electron chi connectivity index (χ3n) is 3.04. The van der Waals surface area contributed by atoms with Gasteiger partial charge in [0, 0.05) is 12.6 Å². The Kier molecular flexibility index (Phi) is 4.25. The lowest BCUT2D eigenvalue weighted by atomic mass is 10.1. The average molecular weight is 257 g/mol. The van der Waals surface area contributed by atoms with Crippen molar-refractivity contribution >= 4 is 11.1 Å². The van der Waals surface area contributed by atoms with E-state index in [9.17, 15) is 8.60 Å². The molecule has 1 aliphatic carbocycles. The predicted molar refractivity (Wildman–Crippen MR) is 66.0 cm³/mol. The van der Waals surface area contributed by atoms with Gasteiger partial charge in [-0.05, 0) is 24.0 Å². The van der Waals surface area contributed by atoms with Gasteiger partial charge in [0.25, 0.3) is 0 Å². The first-order valence-electron chi connectivity index (χ1n) is 5.69. The monoisotopic (exact) mass is 257 g/mol. The summed E-state index contributed by atoms with van der Waals surface area (Å²) in [7, 11) is 0. The van der Waals surface area contributed by atoms with E-state index in [4.69, 9.17) is 4.55 Å². The predicted octanol–water partition coefficient (Wildman–Crippen LogP) is 1.82. The van der Waals surface area contributed by atoms with Crippen LogP contribution in [0.2, 0.25) is 0 Å². The molecule has 0 aliphatic heterocycles. The Hall–Kier alpha value is -0.780. The van der Waals surface area contributed by atoms with Crippen LogP contribution >= 0.6 is 0 Å². The first-order chi connectivity index (χ1) is 8.16. The van der Waals surface area contributed by atoms with Gasteiger partial charge in [0.15, 0.2) is 11.1 Å². The van der Waals surface area contributed by atoms with Gasteiger partial charge in [0.1, 0.15) is 6.17 Å². The molecule has 3 nitrogen and oxygen atoms in total. The molecule has 0 saturated heterocycles. The van der Waals surface area contributed by atoms with E-state index in [1.807, 2.05) is 12.1 Å². The molecule has 3 atom stereocenters. The van der Waals surface area contributed by atoms with E-state index in [0.29, 0.717) is 0 Å². The zero-order valence-corrected chi connectivity index (χ0v) is 10.3. The molecule has 1 unspecified atom stereocenters. The lowest BCUT2D eigenvalue weighted by molar-refractivity contribution is 0.329. The van der Waals surface area contributed by atoms with Crippen LogP contribution in [0.15, 0.2) is 24.3 Å². The molecule has 0 radical (unpaired) electrons. The normalized spacial score (nSPS) is 22.1. The molecule has 2 N–H and O–H groups in total. The SMILES string of the molecule is O=S(O)C[C@@H](F)CN[C@@H]1CCc2ccccc21. The fraction of sp³-hybridized carbons (Fsp3) is 0.500. The summed E-state index contributed by atoms with van der Waals surface area (Å²) in [6.45, 7) is 0.130. The van der Waals surface area contributed by atoms with Gasteiger partial charge in [-0.15, -0.1) is 0 Å². The number of alkyl halides is 1. The van der Waals surface area contributed by atoms with E-state index >= 15 is 0 Å². The summed E-state index contributed by atoms with van der Waals surface area (Å²) < 4.78 is 32.3. The maximum atomic E-state index is 13.3. The Labute approximate surface area is 103 Å². The highest BCUT2D eigenvalue weighted by Crippen LogP contribution is 2.30. The van der Waals surface area contributed by atoms with Gasteiger partial charge in [0.2, 0.25) is 0 Å². The van der Waals surface area contributed by atoms with Crippen LogP contribution < -0.4 is 5.32 Å². The molecule has 0 bridgehead atoms. The van der Waals surface area contributed by atoms with E-state index in [1.54, 1.807) is 0 Å². The number of rotatable bonds is 5. The van der Waals surface area contributed by atoms with Crippen LogP contribution in [0, 0.1) is 0 Å². The van der Waals surface area contributed by atoms with Crippen LogP contribution in [0.25, 0.3) is 0 Å². The maximum absolute atomic E-state index is 13.3. The maximum Gasteiger partial charge on any atom is 0.155 e. The number of halogens is 1. The molecule has 94 valence electrons. The third kappa shape index (κ3) is 3.34. The Balaban J connectivity index is 1.87. The van der Waals surface area contributed by atoms with Crippen LogP contribution in [0.5, 0.6) is 0 Å². The minimum absolute atomic E-state index is 0.130. The van der Waals surface area contributed by atoms with Crippen molar-refractivity contribution in [3.63, 3.8) is 0 Å². The molecule has 1 aromatic rings. The molecule has 17 heavy (non-hydrogen) atoms. The molecule has 0 heterocycles. The minimum Gasteiger partial charge on any atom is -0.307 e. The Bertz CT molecular complexity index is 413. The van der Waals surface area contributed by atoms with Crippen molar-refractivity contribution in [3.8, 4) is 0 Å². The zero-order valence-electron chi connectivity index (χ0n) is 9.43. The zero-order chi connectivity index (χ0) is 12.3. The van der Waals surface area contributed by atoms with E-state index in [-0.39, 0.29) is 18.3 Å². The number of hydrogen-bond acceptors (Lipinski definition) is 2. The van der Waals surface area contributed by atoms with Crippen molar-refractivity contribution in [1.29, 1.82) is 0 Å².